The number of hydrogen-bond donors (Lipinski definition) is 0. The van der Waals surface area contributed by atoms with E-state index in [2.05, 4.69) is 13.0 Å². The van der Waals surface area contributed by atoms with Gasteiger partial charge >= 0.3 is 0 Å². The molecular formula is C17H16ClNO. The first-order valence-corrected chi connectivity index (χ1v) is 7.22. The van der Waals surface area contributed by atoms with Crippen LogP contribution in [-0.4, -0.2) is 11.9 Å². The summed E-state index contributed by atoms with van der Waals surface area (Å²) in [5, 5.41) is 0.507. The topological polar surface area (TPSA) is 20.3 Å². The first kappa shape index (κ1) is 13.2. The van der Waals surface area contributed by atoms with Crippen molar-refractivity contribution in [3.63, 3.8) is 0 Å². The van der Waals surface area contributed by atoms with E-state index in [0.29, 0.717) is 10.6 Å². The van der Waals surface area contributed by atoms with E-state index >= 15 is 0 Å². The van der Waals surface area contributed by atoms with Crippen molar-refractivity contribution in [2.45, 2.75) is 25.8 Å². The molecule has 1 amide bonds. The molecule has 0 saturated heterocycles. The third-order valence-electron chi connectivity index (χ3n) is 3.85. The lowest BCUT2D eigenvalue weighted by Crippen LogP contribution is -2.42. The van der Waals surface area contributed by atoms with E-state index in [4.69, 9.17) is 11.6 Å². The quantitative estimate of drug-likeness (QED) is 0.764. The molecule has 2 nitrogen and oxygen atoms in total. The van der Waals surface area contributed by atoms with Crippen LogP contribution in [0.1, 0.15) is 29.3 Å². The van der Waals surface area contributed by atoms with Gasteiger partial charge in [0.05, 0.1) is 10.6 Å². The predicted molar refractivity (Wildman–Crippen MR) is 82.5 cm³/mol. The van der Waals surface area contributed by atoms with Gasteiger partial charge in [-0.2, -0.15) is 0 Å². The maximum atomic E-state index is 12.8. The molecule has 0 aromatic heterocycles. The average molecular weight is 286 g/mol. The van der Waals surface area contributed by atoms with Crippen LogP contribution in [0.4, 0.5) is 5.69 Å². The minimum atomic E-state index is -0.0183. The molecule has 0 bridgehead atoms. The Kier molecular flexibility index (Phi) is 3.49. The number of anilines is 1. The Bertz CT molecular complexity index is 653. The summed E-state index contributed by atoms with van der Waals surface area (Å²) in [4.78, 5) is 14.7. The summed E-state index contributed by atoms with van der Waals surface area (Å²) >= 11 is 6.17. The largest absolute Gasteiger partial charge is 0.305 e. The number of carbonyl (C=O) groups excluding carboxylic acids is 1. The minimum absolute atomic E-state index is 0.0183. The van der Waals surface area contributed by atoms with Crippen molar-refractivity contribution in [1.29, 1.82) is 0 Å². The van der Waals surface area contributed by atoms with Crippen LogP contribution in [0.15, 0.2) is 48.5 Å². The molecular weight excluding hydrogens is 270 g/mol. The van der Waals surface area contributed by atoms with E-state index in [1.807, 2.05) is 35.2 Å². The monoisotopic (exact) mass is 285 g/mol. The van der Waals surface area contributed by atoms with E-state index in [1.54, 1.807) is 12.1 Å². The maximum absolute atomic E-state index is 12.8. The van der Waals surface area contributed by atoms with Crippen molar-refractivity contribution < 1.29 is 4.79 Å². The molecule has 3 rings (SSSR count). The highest BCUT2D eigenvalue weighted by molar-refractivity contribution is 6.34. The van der Waals surface area contributed by atoms with E-state index in [-0.39, 0.29) is 11.9 Å². The molecule has 2 aromatic rings. The molecule has 3 heteroatoms. The zero-order valence-electron chi connectivity index (χ0n) is 11.3. The second-order valence-corrected chi connectivity index (χ2v) is 5.58. The highest BCUT2D eigenvalue weighted by Gasteiger charge is 2.29. The second kappa shape index (κ2) is 5.29. The van der Waals surface area contributed by atoms with Crippen LogP contribution >= 0.6 is 11.6 Å². The van der Waals surface area contributed by atoms with Crippen LogP contribution in [0.25, 0.3) is 0 Å². The molecule has 20 heavy (non-hydrogen) atoms. The number of nitrogens with zero attached hydrogens (tertiary/aromatic N) is 1. The highest BCUT2D eigenvalue weighted by atomic mass is 35.5. The number of halogens is 1. The van der Waals surface area contributed by atoms with Gasteiger partial charge in [0.1, 0.15) is 0 Å². The number of amides is 1. The fourth-order valence-corrected chi connectivity index (χ4v) is 2.98. The zero-order valence-corrected chi connectivity index (χ0v) is 12.1. The fraction of sp³-hybridized carbons (Fsp3) is 0.235. The van der Waals surface area contributed by atoms with Crippen LogP contribution in [0.2, 0.25) is 5.02 Å². The lowest BCUT2D eigenvalue weighted by Gasteiger charge is -2.35. The molecule has 2 aromatic carbocycles. The highest BCUT2D eigenvalue weighted by Crippen LogP contribution is 2.32. The van der Waals surface area contributed by atoms with Gasteiger partial charge in [0.2, 0.25) is 0 Å². The lowest BCUT2D eigenvalue weighted by molar-refractivity contribution is 0.0975. The summed E-state index contributed by atoms with van der Waals surface area (Å²) < 4.78 is 0. The Labute approximate surface area is 124 Å². The summed E-state index contributed by atoms with van der Waals surface area (Å²) in [5.74, 6) is -0.0183. The Morgan fingerprint density at radius 3 is 2.65 bits per heavy atom. The number of benzene rings is 2. The van der Waals surface area contributed by atoms with Gasteiger partial charge in [-0.05, 0) is 43.5 Å². The van der Waals surface area contributed by atoms with Crippen LogP contribution in [0, 0.1) is 0 Å². The molecule has 1 heterocycles. The Morgan fingerprint density at radius 1 is 1.15 bits per heavy atom. The van der Waals surface area contributed by atoms with Gasteiger partial charge in [-0.1, -0.05) is 41.9 Å². The minimum Gasteiger partial charge on any atom is -0.305 e. The molecule has 0 N–H and O–H groups in total. The van der Waals surface area contributed by atoms with E-state index in [1.165, 1.54) is 5.56 Å². The average Bonchev–Trinajstić information content (AvgIpc) is 2.47. The summed E-state index contributed by atoms with van der Waals surface area (Å²) in [5.41, 5.74) is 2.81. The van der Waals surface area contributed by atoms with Crippen molar-refractivity contribution in [1.82, 2.24) is 0 Å². The van der Waals surface area contributed by atoms with Crippen LogP contribution in [0.3, 0.4) is 0 Å². The van der Waals surface area contributed by atoms with Crippen molar-refractivity contribution in [3.8, 4) is 0 Å². The van der Waals surface area contributed by atoms with Gasteiger partial charge in [-0.15, -0.1) is 0 Å². The summed E-state index contributed by atoms with van der Waals surface area (Å²) in [6.07, 6.45) is 2.00. The van der Waals surface area contributed by atoms with Gasteiger partial charge in [-0.3, -0.25) is 4.79 Å². The lowest BCUT2D eigenvalue weighted by atomic mass is 9.96. The molecule has 1 unspecified atom stereocenters. The predicted octanol–water partition coefficient (Wildman–Crippen LogP) is 4.32. The van der Waals surface area contributed by atoms with Crippen molar-refractivity contribution in [3.05, 3.63) is 64.7 Å². The third kappa shape index (κ3) is 2.20. The van der Waals surface area contributed by atoms with Crippen molar-refractivity contribution >= 4 is 23.2 Å². The number of aryl methyl sites for hydroxylation is 1. The SMILES string of the molecule is CC1CCc2ccccc2N1C(=O)c1ccccc1Cl. The first-order valence-electron chi connectivity index (χ1n) is 6.84. The molecule has 0 fully saturated rings. The Morgan fingerprint density at radius 2 is 1.85 bits per heavy atom. The molecule has 102 valence electrons. The molecule has 0 saturated carbocycles. The number of hydrogen-bond acceptors (Lipinski definition) is 1. The van der Waals surface area contributed by atoms with E-state index in [0.717, 1.165) is 18.5 Å². The first-order chi connectivity index (χ1) is 9.68. The van der Waals surface area contributed by atoms with Crippen LogP contribution in [-0.2, 0) is 6.42 Å². The van der Waals surface area contributed by atoms with Crippen molar-refractivity contribution in [2.24, 2.45) is 0 Å². The van der Waals surface area contributed by atoms with Gasteiger partial charge in [-0.25, -0.2) is 0 Å². The molecule has 1 atom stereocenters. The third-order valence-corrected chi connectivity index (χ3v) is 4.18. The van der Waals surface area contributed by atoms with Gasteiger partial charge in [0.25, 0.3) is 5.91 Å². The van der Waals surface area contributed by atoms with Crippen molar-refractivity contribution in [2.75, 3.05) is 4.90 Å². The zero-order chi connectivity index (χ0) is 14.1. The fourth-order valence-electron chi connectivity index (χ4n) is 2.76. The summed E-state index contributed by atoms with van der Waals surface area (Å²) in [6, 6.07) is 15.5. The Hall–Kier alpha value is -1.80. The number of carbonyl (C=O) groups is 1. The molecule has 1 aliphatic heterocycles. The molecule has 0 radical (unpaired) electrons. The van der Waals surface area contributed by atoms with Gasteiger partial charge in [0, 0.05) is 11.7 Å². The maximum Gasteiger partial charge on any atom is 0.260 e. The molecule has 0 spiro atoms. The van der Waals surface area contributed by atoms with Crippen LogP contribution < -0.4 is 4.90 Å². The normalized spacial score (nSPS) is 17.7. The molecule has 0 aliphatic carbocycles. The Balaban J connectivity index is 2.05. The van der Waals surface area contributed by atoms with E-state index in [9.17, 15) is 4.79 Å². The van der Waals surface area contributed by atoms with Gasteiger partial charge in [0.15, 0.2) is 0 Å². The van der Waals surface area contributed by atoms with Gasteiger partial charge < -0.3 is 4.90 Å². The standard InChI is InChI=1S/C17H16ClNO/c1-12-10-11-13-6-2-5-9-16(13)19(12)17(20)14-7-3-4-8-15(14)18/h2-9,12H,10-11H2,1H3. The second-order valence-electron chi connectivity index (χ2n) is 5.17. The molecule has 1 aliphatic rings. The number of fused-ring (bicyclic) bond motifs is 1. The number of rotatable bonds is 1. The number of para-hydroxylation sites is 1. The summed E-state index contributed by atoms with van der Waals surface area (Å²) in [7, 11) is 0. The summed E-state index contributed by atoms with van der Waals surface area (Å²) in [6.45, 7) is 2.09. The van der Waals surface area contributed by atoms with Crippen LogP contribution in [0.5, 0.6) is 0 Å². The smallest absolute Gasteiger partial charge is 0.260 e. The van der Waals surface area contributed by atoms with E-state index < -0.39 is 0 Å².